The summed E-state index contributed by atoms with van der Waals surface area (Å²) >= 11 is 0. The van der Waals surface area contributed by atoms with E-state index in [1.54, 1.807) is 0 Å². The Hall–Kier alpha value is -0.570. The van der Waals surface area contributed by atoms with Gasteiger partial charge in [0.1, 0.15) is 0 Å². The Morgan fingerprint density at radius 2 is 1.69 bits per heavy atom. The lowest BCUT2D eigenvalue weighted by molar-refractivity contribution is -0.135. The second kappa shape index (κ2) is 3.73. The SMILES string of the molecule is CC1CN(C(=O)C2C3CCCC32)CC(C)N1. The van der Waals surface area contributed by atoms with E-state index in [1.165, 1.54) is 19.3 Å². The first-order chi connectivity index (χ1) is 7.66. The summed E-state index contributed by atoms with van der Waals surface area (Å²) in [5, 5.41) is 3.48. The third-order valence-electron chi connectivity index (χ3n) is 4.56. The first-order valence-corrected chi connectivity index (χ1v) is 6.71. The van der Waals surface area contributed by atoms with Gasteiger partial charge in [0.05, 0.1) is 0 Å². The van der Waals surface area contributed by atoms with Crippen molar-refractivity contribution in [2.24, 2.45) is 17.8 Å². The van der Waals surface area contributed by atoms with E-state index >= 15 is 0 Å². The summed E-state index contributed by atoms with van der Waals surface area (Å²) in [6.45, 7) is 6.14. The van der Waals surface area contributed by atoms with Crippen LogP contribution in [0.3, 0.4) is 0 Å². The zero-order valence-corrected chi connectivity index (χ0v) is 10.3. The van der Waals surface area contributed by atoms with E-state index < -0.39 is 0 Å². The second-order valence-corrected chi connectivity index (χ2v) is 6.00. The Kier molecular flexibility index (Phi) is 2.46. The van der Waals surface area contributed by atoms with E-state index in [-0.39, 0.29) is 0 Å². The van der Waals surface area contributed by atoms with Crippen LogP contribution in [-0.4, -0.2) is 36.0 Å². The maximum atomic E-state index is 12.4. The zero-order valence-electron chi connectivity index (χ0n) is 10.3. The van der Waals surface area contributed by atoms with Gasteiger partial charge in [0.15, 0.2) is 0 Å². The predicted octanol–water partition coefficient (Wildman–Crippen LogP) is 1.24. The highest BCUT2D eigenvalue weighted by Crippen LogP contribution is 2.58. The number of nitrogens with zero attached hydrogens (tertiary/aromatic N) is 1. The largest absolute Gasteiger partial charge is 0.339 e. The number of rotatable bonds is 1. The molecule has 90 valence electrons. The number of piperazine rings is 1. The summed E-state index contributed by atoms with van der Waals surface area (Å²) in [5.74, 6) is 2.38. The van der Waals surface area contributed by atoms with Gasteiger partial charge < -0.3 is 10.2 Å². The molecule has 2 aliphatic carbocycles. The van der Waals surface area contributed by atoms with Gasteiger partial charge >= 0.3 is 0 Å². The summed E-state index contributed by atoms with van der Waals surface area (Å²) in [6.07, 6.45) is 3.96. The van der Waals surface area contributed by atoms with Crippen molar-refractivity contribution in [2.45, 2.75) is 45.2 Å². The van der Waals surface area contributed by atoms with Gasteiger partial charge in [-0.25, -0.2) is 0 Å². The van der Waals surface area contributed by atoms with Crippen molar-refractivity contribution in [2.75, 3.05) is 13.1 Å². The van der Waals surface area contributed by atoms with Crippen LogP contribution in [-0.2, 0) is 4.79 Å². The Morgan fingerprint density at radius 3 is 2.25 bits per heavy atom. The lowest BCUT2D eigenvalue weighted by Gasteiger charge is -2.36. The third-order valence-corrected chi connectivity index (χ3v) is 4.56. The Labute approximate surface area is 97.6 Å². The molecule has 3 aliphatic rings. The van der Waals surface area contributed by atoms with Crippen molar-refractivity contribution in [1.82, 2.24) is 10.2 Å². The molecular formula is C13H22N2O. The number of hydrogen-bond donors (Lipinski definition) is 1. The molecule has 1 saturated heterocycles. The number of fused-ring (bicyclic) bond motifs is 1. The van der Waals surface area contributed by atoms with Crippen LogP contribution in [0.2, 0.25) is 0 Å². The molecule has 1 aliphatic heterocycles. The van der Waals surface area contributed by atoms with Gasteiger partial charge in [0, 0.05) is 31.1 Å². The number of nitrogens with one attached hydrogen (secondary N) is 1. The van der Waals surface area contributed by atoms with E-state index in [4.69, 9.17) is 0 Å². The molecule has 1 amide bonds. The van der Waals surface area contributed by atoms with Crippen LogP contribution < -0.4 is 5.32 Å². The summed E-state index contributed by atoms with van der Waals surface area (Å²) < 4.78 is 0. The Balaban J connectivity index is 1.62. The molecule has 0 radical (unpaired) electrons. The fraction of sp³-hybridized carbons (Fsp3) is 0.923. The molecule has 3 fully saturated rings. The van der Waals surface area contributed by atoms with Gasteiger partial charge in [-0.1, -0.05) is 6.42 Å². The topological polar surface area (TPSA) is 32.3 Å². The molecule has 0 bridgehead atoms. The van der Waals surface area contributed by atoms with Crippen molar-refractivity contribution in [3.05, 3.63) is 0 Å². The molecule has 0 aromatic heterocycles. The molecule has 16 heavy (non-hydrogen) atoms. The number of carbonyl (C=O) groups is 1. The summed E-state index contributed by atoms with van der Waals surface area (Å²) in [7, 11) is 0. The molecule has 0 spiro atoms. The van der Waals surface area contributed by atoms with Crippen LogP contribution in [0.5, 0.6) is 0 Å². The summed E-state index contributed by atoms with van der Waals surface area (Å²) in [4.78, 5) is 14.5. The standard InChI is InChI=1S/C13H22N2O/c1-8-6-15(7-9(2)14-8)13(16)12-10-4-3-5-11(10)12/h8-12,14H,3-7H2,1-2H3. The third kappa shape index (κ3) is 1.65. The fourth-order valence-electron chi connectivity index (χ4n) is 3.91. The van der Waals surface area contributed by atoms with Crippen molar-refractivity contribution < 1.29 is 4.79 Å². The first kappa shape index (κ1) is 10.6. The van der Waals surface area contributed by atoms with Crippen molar-refractivity contribution in [3.63, 3.8) is 0 Å². The predicted molar refractivity (Wildman–Crippen MR) is 63.0 cm³/mol. The van der Waals surface area contributed by atoms with Gasteiger partial charge in [-0.3, -0.25) is 4.79 Å². The minimum absolute atomic E-state index is 0.409. The van der Waals surface area contributed by atoms with E-state index in [0.717, 1.165) is 24.9 Å². The van der Waals surface area contributed by atoms with Crippen LogP contribution >= 0.6 is 0 Å². The second-order valence-electron chi connectivity index (χ2n) is 6.00. The minimum atomic E-state index is 0.409. The van der Waals surface area contributed by atoms with Crippen molar-refractivity contribution >= 4 is 5.91 Å². The van der Waals surface area contributed by atoms with Gasteiger partial charge in [-0.2, -0.15) is 0 Å². The minimum Gasteiger partial charge on any atom is -0.339 e. The molecule has 3 heteroatoms. The Bertz CT molecular complexity index is 284. The molecule has 0 aromatic carbocycles. The maximum absolute atomic E-state index is 12.4. The molecule has 1 N–H and O–H groups in total. The fourth-order valence-corrected chi connectivity index (χ4v) is 3.91. The van der Waals surface area contributed by atoms with Crippen molar-refractivity contribution in [1.29, 1.82) is 0 Å². The van der Waals surface area contributed by atoms with Crippen LogP contribution in [0, 0.1) is 17.8 Å². The van der Waals surface area contributed by atoms with Crippen LogP contribution in [0.1, 0.15) is 33.1 Å². The normalized spacial score (nSPS) is 46.6. The summed E-state index contributed by atoms with van der Waals surface area (Å²) in [6, 6.07) is 0.901. The van der Waals surface area contributed by atoms with Crippen LogP contribution in [0.25, 0.3) is 0 Å². The lowest BCUT2D eigenvalue weighted by Crippen LogP contribution is -2.56. The molecule has 4 unspecified atom stereocenters. The van der Waals surface area contributed by atoms with Crippen LogP contribution in [0.4, 0.5) is 0 Å². The molecule has 1 heterocycles. The molecule has 0 aromatic rings. The molecular weight excluding hydrogens is 200 g/mol. The van der Waals surface area contributed by atoms with E-state index in [0.29, 0.717) is 23.9 Å². The smallest absolute Gasteiger partial charge is 0.226 e. The summed E-state index contributed by atoms with van der Waals surface area (Å²) in [5.41, 5.74) is 0. The zero-order chi connectivity index (χ0) is 11.3. The Morgan fingerprint density at radius 1 is 1.12 bits per heavy atom. The average Bonchev–Trinajstić information content (AvgIpc) is 2.68. The number of hydrogen-bond acceptors (Lipinski definition) is 2. The maximum Gasteiger partial charge on any atom is 0.226 e. The van der Waals surface area contributed by atoms with E-state index in [9.17, 15) is 4.79 Å². The first-order valence-electron chi connectivity index (χ1n) is 6.71. The molecule has 2 saturated carbocycles. The lowest BCUT2D eigenvalue weighted by atomic mass is 10.1. The molecule has 3 rings (SSSR count). The highest BCUT2D eigenvalue weighted by molar-refractivity contribution is 5.82. The quantitative estimate of drug-likeness (QED) is 0.724. The average molecular weight is 222 g/mol. The molecule has 3 nitrogen and oxygen atoms in total. The van der Waals surface area contributed by atoms with Gasteiger partial charge in [-0.15, -0.1) is 0 Å². The molecule has 4 atom stereocenters. The van der Waals surface area contributed by atoms with Gasteiger partial charge in [0.25, 0.3) is 0 Å². The number of carbonyl (C=O) groups excluding carboxylic acids is 1. The highest BCUT2D eigenvalue weighted by atomic mass is 16.2. The number of amides is 1. The van der Waals surface area contributed by atoms with E-state index in [2.05, 4.69) is 24.1 Å². The highest BCUT2D eigenvalue weighted by Gasteiger charge is 2.57. The van der Waals surface area contributed by atoms with Gasteiger partial charge in [-0.05, 0) is 38.5 Å². The van der Waals surface area contributed by atoms with E-state index in [1.807, 2.05) is 0 Å². The van der Waals surface area contributed by atoms with Gasteiger partial charge in [0.2, 0.25) is 5.91 Å². The van der Waals surface area contributed by atoms with Crippen LogP contribution in [0.15, 0.2) is 0 Å². The monoisotopic (exact) mass is 222 g/mol. The van der Waals surface area contributed by atoms with Crippen molar-refractivity contribution in [3.8, 4) is 0 Å².